The summed E-state index contributed by atoms with van der Waals surface area (Å²) < 4.78 is 7.00. The Morgan fingerprint density at radius 1 is 1.38 bits per heavy atom. The summed E-state index contributed by atoms with van der Waals surface area (Å²) >= 11 is 0. The van der Waals surface area contributed by atoms with Crippen molar-refractivity contribution in [2.45, 2.75) is 37.8 Å². The summed E-state index contributed by atoms with van der Waals surface area (Å²) in [5.74, 6) is 0. The van der Waals surface area contributed by atoms with Gasteiger partial charge in [-0.1, -0.05) is 24.3 Å². The third-order valence-electron chi connectivity index (χ3n) is 4.00. The molecular formula is C16H21N3O2. The highest BCUT2D eigenvalue weighted by atomic mass is 16.5. The molecule has 1 saturated carbocycles. The maximum absolute atomic E-state index is 9.94. The number of aliphatic hydroxyl groups is 1. The van der Waals surface area contributed by atoms with Crippen LogP contribution in [0.5, 0.6) is 0 Å². The maximum atomic E-state index is 9.94. The molecule has 0 bridgehead atoms. The van der Waals surface area contributed by atoms with E-state index in [4.69, 9.17) is 4.74 Å². The van der Waals surface area contributed by atoms with E-state index < -0.39 is 0 Å². The lowest BCUT2D eigenvalue weighted by Gasteiger charge is -2.42. The Bertz CT molecular complexity index is 571. The minimum atomic E-state index is -0.317. The summed E-state index contributed by atoms with van der Waals surface area (Å²) in [4.78, 5) is 0. The molecular weight excluding hydrogens is 266 g/mol. The fourth-order valence-corrected chi connectivity index (χ4v) is 2.88. The quantitative estimate of drug-likeness (QED) is 0.845. The van der Waals surface area contributed by atoms with Crippen molar-refractivity contribution in [2.75, 3.05) is 7.11 Å². The number of hydrogen-bond acceptors (Lipinski definition) is 4. The first-order chi connectivity index (χ1) is 10.3. The molecule has 1 aromatic carbocycles. The molecule has 0 radical (unpaired) electrons. The normalized spacial score (nSPS) is 24.8. The third-order valence-corrected chi connectivity index (χ3v) is 4.00. The van der Waals surface area contributed by atoms with E-state index in [-0.39, 0.29) is 18.2 Å². The lowest BCUT2D eigenvalue weighted by Crippen LogP contribution is -2.54. The lowest BCUT2D eigenvalue weighted by molar-refractivity contribution is -0.00822. The zero-order chi connectivity index (χ0) is 14.7. The van der Waals surface area contributed by atoms with Gasteiger partial charge >= 0.3 is 0 Å². The molecule has 5 nitrogen and oxygen atoms in total. The van der Waals surface area contributed by atoms with E-state index in [1.165, 1.54) is 11.1 Å². The van der Waals surface area contributed by atoms with Gasteiger partial charge in [0.05, 0.1) is 18.8 Å². The van der Waals surface area contributed by atoms with Crippen molar-refractivity contribution in [1.29, 1.82) is 0 Å². The van der Waals surface area contributed by atoms with Crippen LogP contribution in [0.25, 0.3) is 0 Å². The molecule has 1 aromatic heterocycles. The topological polar surface area (TPSA) is 59.3 Å². The Hall–Kier alpha value is -1.69. The standard InChI is InChI=1S/C16H21N3O2/c1-21-11-13-5-2-4-12(8-13)10-17-14-9-15(20)16(14)19-7-3-6-18-19/h2-8,14-17,20H,9-11H2,1H3/t14-,15+,16+/m0/s1. The van der Waals surface area contributed by atoms with Gasteiger partial charge in [-0.3, -0.25) is 4.68 Å². The zero-order valence-electron chi connectivity index (χ0n) is 12.1. The molecule has 1 aliphatic rings. The Morgan fingerprint density at radius 2 is 2.24 bits per heavy atom. The first-order valence-corrected chi connectivity index (χ1v) is 7.25. The molecule has 5 heteroatoms. The van der Waals surface area contributed by atoms with Gasteiger partial charge in [0.25, 0.3) is 0 Å². The van der Waals surface area contributed by atoms with Crippen molar-refractivity contribution in [3.05, 3.63) is 53.9 Å². The first kappa shape index (κ1) is 14.3. The minimum absolute atomic E-state index is 0.0298. The van der Waals surface area contributed by atoms with Crippen LogP contribution in [0.3, 0.4) is 0 Å². The number of methoxy groups -OCH3 is 1. The number of nitrogens with zero attached hydrogens (tertiary/aromatic N) is 2. The van der Waals surface area contributed by atoms with Crippen LogP contribution in [-0.2, 0) is 17.9 Å². The van der Waals surface area contributed by atoms with Crippen LogP contribution in [0.1, 0.15) is 23.6 Å². The van der Waals surface area contributed by atoms with Crippen LogP contribution in [0, 0.1) is 0 Å². The second-order valence-corrected chi connectivity index (χ2v) is 5.52. The number of aromatic nitrogens is 2. The molecule has 0 amide bonds. The molecule has 112 valence electrons. The van der Waals surface area contributed by atoms with Crippen molar-refractivity contribution < 1.29 is 9.84 Å². The highest BCUT2D eigenvalue weighted by molar-refractivity contribution is 5.23. The zero-order valence-corrected chi connectivity index (χ0v) is 12.1. The van der Waals surface area contributed by atoms with E-state index >= 15 is 0 Å². The van der Waals surface area contributed by atoms with E-state index in [0.717, 1.165) is 13.0 Å². The van der Waals surface area contributed by atoms with Crippen LogP contribution in [-0.4, -0.2) is 34.1 Å². The molecule has 2 aromatic rings. The number of rotatable bonds is 6. The second kappa shape index (κ2) is 6.39. The van der Waals surface area contributed by atoms with Crippen molar-refractivity contribution in [3.8, 4) is 0 Å². The number of aliphatic hydroxyl groups excluding tert-OH is 1. The molecule has 1 heterocycles. The van der Waals surface area contributed by atoms with Crippen LogP contribution >= 0.6 is 0 Å². The van der Waals surface area contributed by atoms with Gasteiger partial charge in [-0.15, -0.1) is 0 Å². The van der Waals surface area contributed by atoms with Crippen LogP contribution in [0.15, 0.2) is 42.7 Å². The van der Waals surface area contributed by atoms with Gasteiger partial charge in [0.1, 0.15) is 0 Å². The summed E-state index contributed by atoms with van der Waals surface area (Å²) in [6.45, 7) is 1.42. The molecule has 1 aliphatic carbocycles. The second-order valence-electron chi connectivity index (χ2n) is 5.52. The predicted octanol–water partition coefficient (Wildman–Crippen LogP) is 1.49. The summed E-state index contributed by atoms with van der Waals surface area (Å²) in [6, 6.07) is 10.5. The number of benzene rings is 1. The molecule has 2 N–H and O–H groups in total. The monoisotopic (exact) mass is 287 g/mol. The summed E-state index contributed by atoms with van der Waals surface area (Å²) in [5.41, 5.74) is 2.40. The van der Waals surface area contributed by atoms with Crippen LogP contribution in [0.2, 0.25) is 0 Å². The summed E-state index contributed by atoms with van der Waals surface area (Å²) in [5, 5.41) is 17.7. The summed E-state index contributed by atoms with van der Waals surface area (Å²) in [6.07, 6.45) is 4.10. The largest absolute Gasteiger partial charge is 0.391 e. The lowest BCUT2D eigenvalue weighted by atomic mass is 9.83. The van der Waals surface area contributed by atoms with E-state index in [0.29, 0.717) is 6.61 Å². The Kier molecular flexibility index (Phi) is 4.34. The highest BCUT2D eigenvalue weighted by Crippen LogP contribution is 2.32. The van der Waals surface area contributed by atoms with Gasteiger partial charge in [-0.2, -0.15) is 5.10 Å². The average Bonchev–Trinajstić information content (AvgIpc) is 2.97. The highest BCUT2D eigenvalue weighted by Gasteiger charge is 2.41. The molecule has 0 unspecified atom stereocenters. The Balaban J connectivity index is 1.59. The van der Waals surface area contributed by atoms with E-state index in [9.17, 15) is 5.11 Å². The SMILES string of the molecule is COCc1cccc(CN[C@H]2C[C@@H](O)[C@@H]2n2cccn2)c1. The van der Waals surface area contributed by atoms with Gasteiger partial charge in [0.15, 0.2) is 0 Å². The smallest absolute Gasteiger partial charge is 0.0932 e. The fraction of sp³-hybridized carbons (Fsp3) is 0.438. The average molecular weight is 287 g/mol. The maximum Gasteiger partial charge on any atom is 0.0932 e. The van der Waals surface area contributed by atoms with E-state index in [1.54, 1.807) is 13.3 Å². The third kappa shape index (κ3) is 3.15. The van der Waals surface area contributed by atoms with Crippen LogP contribution < -0.4 is 5.32 Å². The number of hydrogen-bond donors (Lipinski definition) is 2. The van der Waals surface area contributed by atoms with Crippen molar-refractivity contribution >= 4 is 0 Å². The molecule has 1 fully saturated rings. The Labute approximate surface area is 124 Å². The van der Waals surface area contributed by atoms with Crippen molar-refractivity contribution in [3.63, 3.8) is 0 Å². The van der Waals surface area contributed by atoms with Gasteiger partial charge in [0, 0.05) is 32.1 Å². The van der Waals surface area contributed by atoms with E-state index in [2.05, 4.69) is 28.6 Å². The first-order valence-electron chi connectivity index (χ1n) is 7.25. The fourth-order valence-electron chi connectivity index (χ4n) is 2.88. The number of ether oxygens (including phenoxy) is 1. The van der Waals surface area contributed by atoms with Crippen molar-refractivity contribution in [2.24, 2.45) is 0 Å². The summed E-state index contributed by atoms with van der Waals surface area (Å²) in [7, 11) is 1.70. The van der Waals surface area contributed by atoms with Gasteiger partial charge in [-0.05, 0) is 23.6 Å². The molecule has 3 rings (SSSR count). The van der Waals surface area contributed by atoms with Gasteiger partial charge < -0.3 is 15.2 Å². The van der Waals surface area contributed by atoms with E-state index in [1.807, 2.05) is 23.0 Å². The Morgan fingerprint density at radius 3 is 2.95 bits per heavy atom. The van der Waals surface area contributed by atoms with Crippen molar-refractivity contribution in [1.82, 2.24) is 15.1 Å². The predicted molar refractivity (Wildman–Crippen MR) is 79.7 cm³/mol. The minimum Gasteiger partial charge on any atom is -0.391 e. The molecule has 0 spiro atoms. The number of nitrogens with one attached hydrogen (secondary N) is 1. The molecule has 0 saturated heterocycles. The van der Waals surface area contributed by atoms with Gasteiger partial charge in [0.2, 0.25) is 0 Å². The molecule has 0 aliphatic heterocycles. The van der Waals surface area contributed by atoms with Crippen LogP contribution in [0.4, 0.5) is 0 Å². The molecule has 3 atom stereocenters. The molecule has 21 heavy (non-hydrogen) atoms. The van der Waals surface area contributed by atoms with Gasteiger partial charge in [-0.25, -0.2) is 0 Å².